The summed E-state index contributed by atoms with van der Waals surface area (Å²) in [5, 5.41) is 14.0. The van der Waals surface area contributed by atoms with E-state index in [1.54, 1.807) is 0 Å². The number of carbonyl (C=O) groups excluding carboxylic acids is 2. The molecule has 1 rings (SSSR count). The Balaban J connectivity index is 3.19. The van der Waals surface area contributed by atoms with Crippen LogP contribution in [0.15, 0.2) is 42.5 Å². The van der Waals surface area contributed by atoms with E-state index in [0.717, 1.165) is 0 Å². The maximum absolute atomic E-state index is 11.7. The monoisotopic (exact) mass is 288 g/mol. The first-order chi connectivity index (χ1) is 9.72. The molecule has 0 saturated carbocycles. The van der Waals surface area contributed by atoms with Gasteiger partial charge in [-0.15, -0.1) is 0 Å². The van der Waals surface area contributed by atoms with E-state index < -0.39 is 17.8 Å². The quantitative estimate of drug-likeness (QED) is 0.725. The average Bonchev–Trinajstić information content (AvgIpc) is 2.39. The van der Waals surface area contributed by atoms with E-state index in [2.05, 4.69) is 23.8 Å². The molecule has 0 aromatic heterocycles. The lowest BCUT2D eigenvalue weighted by Crippen LogP contribution is -2.17. The van der Waals surface area contributed by atoms with E-state index >= 15 is 0 Å². The number of benzene rings is 1. The number of anilines is 2. The molecule has 0 aliphatic rings. The minimum Gasteiger partial charge on any atom is -0.478 e. The molecule has 0 bridgehead atoms. The number of aromatic carboxylic acids is 1. The fourth-order valence-corrected chi connectivity index (χ4v) is 1.35. The summed E-state index contributed by atoms with van der Waals surface area (Å²) < 4.78 is 0. The number of hydrogen-bond donors (Lipinski definition) is 3. The van der Waals surface area contributed by atoms with E-state index in [9.17, 15) is 14.4 Å². The Hall–Kier alpha value is -2.89. The van der Waals surface area contributed by atoms with Gasteiger partial charge in [0.25, 0.3) is 11.8 Å². The van der Waals surface area contributed by atoms with Crippen LogP contribution in [-0.4, -0.2) is 22.9 Å². The fraction of sp³-hybridized carbons (Fsp3) is 0.133. The van der Waals surface area contributed by atoms with Crippen molar-refractivity contribution in [3.63, 3.8) is 0 Å². The molecule has 0 aliphatic carbocycles. The van der Waals surface area contributed by atoms with E-state index in [4.69, 9.17) is 5.11 Å². The van der Waals surface area contributed by atoms with Gasteiger partial charge in [0.2, 0.25) is 0 Å². The molecular weight excluding hydrogens is 272 g/mol. The van der Waals surface area contributed by atoms with Crippen LogP contribution in [0.4, 0.5) is 11.4 Å². The average molecular weight is 288 g/mol. The Morgan fingerprint density at radius 3 is 1.86 bits per heavy atom. The van der Waals surface area contributed by atoms with Gasteiger partial charge in [0, 0.05) is 11.1 Å². The zero-order valence-electron chi connectivity index (χ0n) is 11.8. The Bertz CT molecular complexity index is 647. The van der Waals surface area contributed by atoms with E-state index in [0.29, 0.717) is 0 Å². The molecular formula is C15H16N2O4. The minimum absolute atomic E-state index is 0.0136. The van der Waals surface area contributed by atoms with Crippen molar-refractivity contribution in [3.8, 4) is 0 Å². The Labute approximate surface area is 122 Å². The molecule has 0 heterocycles. The van der Waals surface area contributed by atoms with Gasteiger partial charge in [-0.2, -0.15) is 0 Å². The van der Waals surface area contributed by atoms with Crippen LogP contribution in [-0.2, 0) is 9.59 Å². The highest BCUT2D eigenvalue weighted by Crippen LogP contribution is 2.24. The molecule has 2 amide bonds. The number of carboxylic acids is 1. The first-order valence-corrected chi connectivity index (χ1v) is 6.03. The number of carboxylic acid groups (broad SMARTS) is 1. The maximum Gasteiger partial charge on any atom is 0.335 e. The van der Waals surface area contributed by atoms with Gasteiger partial charge in [-0.1, -0.05) is 13.2 Å². The lowest BCUT2D eigenvalue weighted by Gasteiger charge is -2.13. The van der Waals surface area contributed by atoms with Crippen molar-refractivity contribution in [3.05, 3.63) is 48.1 Å². The summed E-state index contributed by atoms with van der Waals surface area (Å²) in [6, 6.07) is 3.99. The second-order valence-electron chi connectivity index (χ2n) is 4.53. The molecule has 0 spiro atoms. The molecule has 0 saturated heterocycles. The molecule has 21 heavy (non-hydrogen) atoms. The third-order valence-electron chi connectivity index (χ3n) is 2.54. The van der Waals surface area contributed by atoms with Crippen LogP contribution in [0.3, 0.4) is 0 Å². The van der Waals surface area contributed by atoms with Gasteiger partial charge in [0.05, 0.1) is 16.9 Å². The van der Waals surface area contributed by atoms with Crippen molar-refractivity contribution in [1.82, 2.24) is 0 Å². The molecule has 0 radical (unpaired) electrons. The number of nitrogens with one attached hydrogen (secondary N) is 2. The standard InChI is InChI=1S/C15H16N2O4/c1-8(2)13(18)16-11-6-5-10(15(20)21)7-12(11)17-14(19)9(3)4/h5-7H,1,3H2,2,4H3,(H,16,18)(H,17,19)(H,20,21). The molecule has 6 heteroatoms. The smallest absolute Gasteiger partial charge is 0.335 e. The lowest BCUT2D eigenvalue weighted by atomic mass is 10.1. The SMILES string of the molecule is C=C(C)C(=O)Nc1ccc(C(=O)O)cc1NC(=O)C(=C)C. The second-order valence-corrected chi connectivity index (χ2v) is 4.53. The molecule has 3 N–H and O–H groups in total. The van der Waals surface area contributed by atoms with Crippen molar-refractivity contribution in [2.24, 2.45) is 0 Å². The predicted molar refractivity (Wildman–Crippen MR) is 80.3 cm³/mol. The van der Waals surface area contributed by atoms with Crippen LogP contribution >= 0.6 is 0 Å². The fourth-order valence-electron chi connectivity index (χ4n) is 1.35. The zero-order chi connectivity index (χ0) is 16.2. The van der Waals surface area contributed by atoms with Gasteiger partial charge >= 0.3 is 5.97 Å². The van der Waals surface area contributed by atoms with E-state index in [-0.39, 0.29) is 28.1 Å². The molecule has 0 fully saturated rings. The molecule has 1 aromatic carbocycles. The Morgan fingerprint density at radius 1 is 0.952 bits per heavy atom. The predicted octanol–water partition coefficient (Wildman–Crippen LogP) is 2.41. The van der Waals surface area contributed by atoms with Gasteiger partial charge in [0.15, 0.2) is 0 Å². The molecule has 0 aliphatic heterocycles. The Kier molecular flexibility index (Phi) is 5.01. The van der Waals surface area contributed by atoms with Crippen molar-refractivity contribution in [1.29, 1.82) is 0 Å². The molecule has 0 unspecified atom stereocenters. The normalized spacial score (nSPS) is 9.62. The van der Waals surface area contributed by atoms with Gasteiger partial charge in [-0.25, -0.2) is 4.79 Å². The topological polar surface area (TPSA) is 95.5 Å². The van der Waals surface area contributed by atoms with Gasteiger partial charge < -0.3 is 15.7 Å². The summed E-state index contributed by atoms with van der Waals surface area (Å²) >= 11 is 0. The summed E-state index contributed by atoms with van der Waals surface area (Å²) in [4.78, 5) is 34.3. The van der Waals surface area contributed by atoms with Gasteiger partial charge in [-0.05, 0) is 32.0 Å². The number of amides is 2. The number of hydrogen-bond acceptors (Lipinski definition) is 3. The third kappa shape index (κ3) is 4.31. The first-order valence-electron chi connectivity index (χ1n) is 6.03. The molecule has 110 valence electrons. The molecule has 1 aromatic rings. The van der Waals surface area contributed by atoms with Crippen molar-refractivity contribution in [2.75, 3.05) is 10.6 Å². The zero-order valence-corrected chi connectivity index (χ0v) is 11.8. The number of rotatable bonds is 5. The highest BCUT2D eigenvalue weighted by atomic mass is 16.4. The summed E-state index contributed by atoms with van der Waals surface area (Å²) in [5.74, 6) is -2.04. The largest absolute Gasteiger partial charge is 0.478 e. The summed E-state index contributed by atoms with van der Waals surface area (Å²) in [5.41, 5.74) is 0.989. The van der Waals surface area contributed by atoms with Crippen LogP contribution in [0, 0.1) is 0 Å². The third-order valence-corrected chi connectivity index (χ3v) is 2.54. The minimum atomic E-state index is -1.14. The van der Waals surface area contributed by atoms with Crippen LogP contribution in [0.2, 0.25) is 0 Å². The van der Waals surface area contributed by atoms with Crippen LogP contribution in [0.25, 0.3) is 0 Å². The van der Waals surface area contributed by atoms with Gasteiger partial charge in [0.1, 0.15) is 0 Å². The van der Waals surface area contributed by atoms with Crippen molar-refractivity contribution in [2.45, 2.75) is 13.8 Å². The highest BCUT2D eigenvalue weighted by molar-refractivity contribution is 6.09. The van der Waals surface area contributed by atoms with Crippen molar-refractivity contribution < 1.29 is 19.5 Å². The van der Waals surface area contributed by atoms with Crippen LogP contribution in [0.5, 0.6) is 0 Å². The first kappa shape index (κ1) is 16.2. The number of carbonyl (C=O) groups is 3. The Morgan fingerprint density at radius 2 is 1.43 bits per heavy atom. The highest BCUT2D eigenvalue weighted by Gasteiger charge is 2.13. The molecule has 0 atom stereocenters. The molecule has 6 nitrogen and oxygen atoms in total. The van der Waals surface area contributed by atoms with E-state index in [1.807, 2.05) is 0 Å². The van der Waals surface area contributed by atoms with Crippen molar-refractivity contribution >= 4 is 29.2 Å². The maximum atomic E-state index is 11.7. The lowest BCUT2D eigenvalue weighted by molar-refractivity contribution is -0.113. The van der Waals surface area contributed by atoms with E-state index in [1.165, 1.54) is 32.0 Å². The van der Waals surface area contributed by atoms with Crippen LogP contribution in [0.1, 0.15) is 24.2 Å². The summed E-state index contributed by atoms with van der Waals surface area (Å²) in [6.07, 6.45) is 0. The second kappa shape index (κ2) is 6.51. The summed E-state index contributed by atoms with van der Waals surface area (Å²) in [7, 11) is 0. The van der Waals surface area contributed by atoms with Crippen LogP contribution < -0.4 is 10.6 Å². The van der Waals surface area contributed by atoms with Gasteiger partial charge in [-0.3, -0.25) is 9.59 Å². The summed E-state index contributed by atoms with van der Waals surface area (Å²) in [6.45, 7) is 10.1.